The van der Waals surface area contributed by atoms with Gasteiger partial charge in [0.25, 0.3) is 5.91 Å². The van der Waals surface area contributed by atoms with Gasteiger partial charge in [-0.3, -0.25) is 19.2 Å². The van der Waals surface area contributed by atoms with Crippen LogP contribution in [0.1, 0.15) is 40.2 Å². The molecule has 0 saturated heterocycles. The number of nitrogen functional groups attached to an aromatic ring is 1. The van der Waals surface area contributed by atoms with E-state index in [0.717, 1.165) is 0 Å². The van der Waals surface area contributed by atoms with Gasteiger partial charge < -0.3 is 15.2 Å². The Labute approximate surface area is 215 Å². The molecule has 12 nitrogen and oxygen atoms in total. The first-order valence-electron chi connectivity index (χ1n) is 11.9. The molecular weight excluding hydrogens is 497 g/mol. The average molecular weight is 530 g/mol. The Morgan fingerprint density at radius 2 is 2.00 bits per heavy atom. The Hall–Kier alpha value is -3.31. The van der Waals surface area contributed by atoms with Crippen molar-refractivity contribution in [1.29, 1.82) is 0 Å². The first kappa shape index (κ1) is 26.7. The Morgan fingerprint density at radius 3 is 2.70 bits per heavy atom. The van der Waals surface area contributed by atoms with Crippen molar-refractivity contribution >= 4 is 36.3 Å². The molecule has 37 heavy (non-hydrogen) atoms. The van der Waals surface area contributed by atoms with Crippen LogP contribution in [0, 0.1) is 5.92 Å². The van der Waals surface area contributed by atoms with Crippen molar-refractivity contribution in [3.05, 3.63) is 55.1 Å². The van der Waals surface area contributed by atoms with Crippen LogP contribution in [0.15, 0.2) is 55.1 Å². The maximum Gasteiger partial charge on any atom is 0.432 e. The SMILES string of the molecule is CC(C)ON(c1ccccc1)C(C)(C)C(=O)NP(=O)(O)OCC1C=CC(n2cnc3c(N)ncnc32)C1. The van der Waals surface area contributed by atoms with Gasteiger partial charge in [-0.15, -0.1) is 0 Å². The van der Waals surface area contributed by atoms with E-state index in [1.807, 2.05) is 48.8 Å². The lowest BCUT2D eigenvalue weighted by Crippen LogP contribution is -2.55. The second-order valence-electron chi connectivity index (χ2n) is 9.63. The predicted octanol–water partition coefficient (Wildman–Crippen LogP) is 3.38. The molecular formula is C24H32N7O5P. The van der Waals surface area contributed by atoms with Gasteiger partial charge in [0.15, 0.2) is 11.5 Å². The zero-order valence-electron chi connectivity index (χ0n) is 21.2. The summed E-state index contributed by atoms with van der Waals surface area (Å²) < 4.78 is 20.0. The number of nitrogens with one attached hydrogen (secondary N) is 1. The molecule has 1 aliphatic carbocycles. The minimum Gasteiger partial charge on any atom is -0.382 e. The molecule has 3 atom stereocenters. The summed E-state index contributed by atoms with van der Waals surface area (Å²) in [7, 11) is -4.46. The number of hydrogen-bond donors (Lipinski definition) is 3. The molecule has 0 bridgehead atoms. The van der Waals surface area contributed by atoms with Crippen LogP contribution in [0.5, 0.6) is 0 Å². The summed E-state index contributed by atoms with van der Waals surface area (Å²) >= 11 is 0. The summed E-state index contributed by atoms with van der Waals surface area (Å²) in [5.41, 5.74) is 6.31. The molecule has 198 valence electrons. The number of rotatable bonds is 10. The molecule has 3 aromatic rings. The highest BCUT2D eigenvalue weighted by atomic mass is 31.2. The van der Waals surface area contributed by atoms with E-state index in [0.29, 0.717) is 29.1 Å². The quantitative estimate of drug-likeness (QED) is 0.202. The van der Waals surface area contributed by atoms with Crippen LogP contribution in [0.2, 0.25) is 0 Å². The topological polar surface area (TPSA) is 158 Å². The number of nitrogens with two attached hydrogens (primary N) is 1. The van der Waals surface area contributed by atoms with Crippen LogP contribution in [-0.2, 0) is 18.7 Å². The van der Waals surface area contributed by atoms with Crippen LogP contribution in [0.25, 0.3) is 11.2 Å². The summed E-state index contributed by atoms with van der Waals surface area (Å²) in [4.78, 5) is 42.0. The van der Waals surface area contributed by atoms with Crippen LogP contribution >= 0.6 is 7.75 Å². The number of aromatic nitrogens is 4. The van der Waals surface area contributed by atoms with E-state index in [4.69, 9.17) is 15.1 Å². The van der Waals surface area contributed by atoms with Crippen molar-refractivity contribution in [3.8, 4) is 0 Å². The van der Waals surface area contributed by atoms with Gasteiger partial charge in [0.1, 0.15) is 17.4 Å². The van der Waals surface area contributed by atoms with Gasteiger partial charge in [-0.25, -0.2) is 24.6 Å². The van der Waals surface area contributed by atoms with Crippen LogP contribution in [0.3, 0.4) is 0 Å². The van der Waals surface area contributed by atoms with Gasteiger partial charge in [-0.05, 0) is 46.2 Å². The summed E-state index contributed by atoms with van der Waals surface area (Å²) in [5, 5.41) is 3.60. The van der Waals surface area contributed by atoms with Gasteiger partial charge in [0, 0.05) is 5.92 Å². The molecule has 2 aromatic heterocycles. The molecule has 2 heterocycles. The summed E-state index contributed by atoms with van der Waals surface area (Å²) in [6.07, 6.45) is 7.25. The molecule has 13 heteroatoms. The monoisotopic (exact) mass is 529 g/mol. The van der Waals surface area contributed by atoms with E-state index >= 15 is 0 Å². The molecule has 0 spiro atoms. The van der Waals surface area contributed by atoms with Gasteiger partial charge >= 0.3 is 7.75 Å². The zero-order valence-corrected chi connectivity index (χ0v) is 22.1. The summed E-state index contributed by atoms with van der Waals surface area (Å²) in [6.45, 7) is 6.82. The lowest BCUT2D eigenvalue weighted by atomic mass is 10.0. The van der Waals surface area contributed by atoms with E-state index in [1.54, 1.807) is 32.3 Å². The van der Waals surface area contributed by atoms with Crippen molar-refractivity contribution in [2.24, 2.45) is 5.92 Å². The Kier molecular flexibility index (Phi) is 7.65. The van der Waals surface area contributed by atoms with E-state index < -0.39 is 19.2 Å². The number of hydrogen-bond acceptors (Lipinski definition) is 9. The van der Waals surface area contributed by atoms with E-state index in [9.17, 15) is 14.3 Å². The number of carbonyl (C=O) groups is 1. The smallest absolute Gasteiger partial charge is 0.382 e. The molecule has 4 N–H and O–H groups in total. The molecule has 3 unspecified atom stereocenters. The number of fused-ring (bicyclic) bond motifs is 1. The fourth-order valence-corrected chi connectivity index (χ4v) is 5.06. The largest absolute Gasteiger partial charge is 0.432 e. The van der Waals surface area contributed by atoms with Crippen LogP contribution in [-0.4, -0.2) is 48.6 Å². The number of allylic oxidation sites excluding steroid dienone is 1. The number of nitrogens with zero attached hydrogens (tertiary/aromatic N) is 5. The first-order chi connectivity index (χ1) is 17.5. The van der Waals surface area contributed by atoms with Crippen LogP contribution in [0.4, 0.5) is 11.5 Å². The molecule has 0 radical (unpaired) electrons. The molecule has 1 amide bonds. The van der Waals surface area contributed by atoms with Crippen molar-refractivity contribution < 1.29 is 23.6 Å². The number of amides is 1. The second kappa shape index (κ2) is 10.6. The first-order valence-corrected chi connectivity index (χ1v) is 13.5. The Bertz CT molecular complexity index is 1330. The number of hydroxylamine groups is 1. The van der Waals surface area contributed by atoms with Gasteiger partial charge in [-0.1, -0.05) is 30.4 Å². The minimum atomic E-state index is -4.46. The summed E-state index contributed by atoms with van der Waals surface area (Å²) in [6, 6.07) is 8.99. The third-order valence-corrected chi connectivity index (χ3v) is 6.96. The van der Waals surface area contributed by atoms with E-state index in [2.05, 4.69) is 20.0 Å². The standard InChI is InChI=1S/C24H32N7O5P/c1-16(2)36-31(18-8-6-5-7-9-18)24(3,4)23(32)29-37(33,34)35-13-17-10-11-19(12-17)30-15-28-20-21(25)26-14-27-22(20)30/h5-11,14-17,19H,12-13H2,1-4H3,(H2,25,26,27)(H2,29,32,33,34). The minimum absolute atomic E-state index is 0.0594. The maximum absolute atomic E-state index is 13.1. The third kappa shape index (κ3) is 5.99. The highest BCUT2D eigenvalue weighted by molar-refractivity contribution is 7.51. The maximum atomic E-state index is 13.1. The van der Waals surface area contributed by atoms with Crippen molar-refractivity contribution in [2.75, 3.05) is 17.4 Å². The molecule has 0 fully saturated rings. The molecule has 0 saturated carbocycles. The lowest BCUT2D eigenvalue weighted by molar-refractivity contribution is -0.128. The fraction of sp³-hybridized carbons (Fsp3) is 0.417. The zero-order chi connectivity index (χ0) is 26.8. The van der Waals surface area contributed by atoms with Gasteiger partial charge in [0.2, 0.25) is 0 Å². The van der Waals surface area contributed by atoms with E-state index in [1.165, 1.54) is 11.4 Å². The second-order valence-corrected chi connectivity index (χ2v) is 11.2. The number of carbonyl (C=O) groups excluding carboxylic acids is 1. The Morgan fingerprint density at radius 1 is 1.27 bits per heavy atom. The molecule has 1 aliphatic rings. The van der Waals surface area contributed by atoms with Crippen molar-refractivity contribution in [3.63, 3.8) is 0 Å². The van der Waals surface area contributed by atoms with E-state index in [-0.39, 0.29) is 24.7 Å². The van der Waals surface area contributed by atoms with Gasteiger partial charge in [0.05, 0.1) is 30.8 Å². The third-order valence-electron chi connectivity index (χ3n) is 5.97. The van der Waals surface area contributed by atoms with Crippen molar-refractivity contribution in [2.45, 2.75) is 51.8 Å². The van der Waals surface area contributed by atoms with Crippen LogP contribution < -0.4 is 15.9 Å². The summed E-state index contributed by atoms with van der Waals surface area (Å²) in [5.74, 6) is -0.572. The predicted molar refractivity (Wildman–Crippen MR) is 139 cm³/mol. The Balaban J connectivity index is 1.37. The molecule has 4 rings (SSSR count). The average Bonchev–Trinajstić information content (AvgIpc) is 3.49. The van der Waals surface area contributed by atoms with Gasteiger partial charge in [-0.2, -0.15) is 0 Å². The fourth-order valence-electron chi connectivity index (χ4n) is 4.07. The molecule has 1 aromatic carbocycles. The highest BCUT2D eigenvalue weighted by Gasteiger charge is 2.40. The number of imidazole rings is 1. The normalized spacial score (nSPS) is 19.3. The number of para-hydroxylation sites is 1. The lowest BCUT2D eigenvalue weighted by Gasteiger charge is -2.38. The molecule has 0 aliphatic heterocycles. The highest BCUT2D eigenvalue weighted by Crippen LogP contribution is 2.41. The van der Waals surface area contributed by atoms with Crippen molar-refractivity contribution in [1.82, 2.24) is 24.6 Å². The number of benzene rings is 1. The number of anilines is 2.